The van der Waals surface area contributed by atoms with E-state index in [9.17, 15) is 9.50 Å². The molecule has 1 heterocycles. The van der Waals surface area contributed by atoms with E-state index in [1.165, 1.54) is 12.3 Å². The molecule has 1 N–H and O–H groups in total. The van der Waals surface area contributed by atoms with Crippen molar-refractivity contribution in [2.75, 3.05) is 0 Å². The Kier molecular flexibility index (Phi) is 3.92. The number of nitrogens with zero attached hydrogens (tertiary/aromatic N) is 1. The number of hydrogen-bond acceptors (Lipinski definition) is 2. The number of rotatable bonds is 3. The maximum Gasteiger partial charge on any atom is 0.144 e. The number of halogens is 2. The van der Waals surface area contributed by atoms with Crippen LogP contribution < -0.4 is 0 Å². The lowest BCUT2D eigenvalue weighted by atomic mass is 9.81. The van der Waals surface area contributed by atoms with Gasteiger partial charge in [0.05, 0.1) is 0 Å². The van der Waals surface area contributed by atoms with Crippen molar-refractivity contribution in [2.45, 2.75) is 5.60 Å². The Hall–Kier alpha value is -2.23. The molecule has 2 aromatic carbocycles. The van der Waals surface area contributed by atoms with Crippen LogP contribution in [0.25, 0.3) is 0 Å². The van der Waals surface area contributed by atoms with E-state index in [1.807, 2.05) is 0 Å². The first-order valence-corrected chi connectivity index (χ1v) is 7.14. The van der Waals surface area contributed by atoms with E-state index in [4.69, 9.17) is 11.6 Å². The van der Waals surface area contributed by atoms with E-state index in [2.05, 4.69) is 4.98 Å². The van der Waals surface area contributed by atoms with E-state index >= 15 is 0 Å². The summed E-state index contributed by atoms with van der Waals surface area (Å²) in [5.74, 6) is -0.483. The van der Waals surface area contributed by atoms with Crippen molar-refractivity contribution < 1.29 is 9.50 Å². The predicted octanol–water partition coefficient (Wildman–Crippen LogP) is 4.16. The molecule has 0 aliphatic carbocycles. The lowest BCUT2D eigenvalue weighted by Crippen LogP contribution is -2.30. The van der Waals surface area contributed by atoms with Crippen LogP contribution in [0.4, 0.5) is 4.39 Å². The molecule has 4 heteroatoms. The standard InChI is InChI=1S/C18H13ClFNO/c19-15-9-7-13(8-10-15)18(22,14-4-3-11-21-12-14)16-5-1-2-6-17(16)20/h1-12,22H. The summed E-state index contributed by atoms with van der Waals surface area (Å²) >= 11 is 5.92. The SMILES string of the molecule is OC(c1ccc(Cl)cc1)(c1cccnc1)c1ccccc1F. The van der Waals surface area contributed by atoms with Gasteiger partial charge in [-0.05, 0) is 29.8 Å². The van der Waals surface area contributed by atoms with Gasteiger partial charge in [-0.15, -0.1) is 0 Å². The molecule has 0 spiro atoms. The van der Waals surface area contributed by atoms with Crippen LogP contribution in [0, 0.1) is 5.82 Å². The summed E-state index contributed by atoms with van der Waals surface area (Å²) in [7, 11) is 0. The van der Waals surface area contributed by atoms with E-state index in [1.54, 1.807) is 60.8 Å². The molecule has 0 saturated heterocycles. The fourth-order valence-corrected chi connectivity index (χ4v) is 2.63. The number of benzene rings is 2. The molecule has 0 radical (unpaired) electrons. The normalized spacial score (nSPS) is 13.6. The smallest absolute Gasteiger partial charge is 0.144 e. The first kappa shape index (κ1) is 14.7. The Morgan fingerprint density at radius 2 is 1.64 bits per heavy atom. The Bertz CT molecular complexity index is 777. The Morgan fingerprint density at radius 3 is 2.27 bits per heavy atom. The third-order valence-corrected chi connectivity index (χ3v) is 3.86. The maximum atomic E-state index is 14.3. The van der Waals surface area contributed by atoms with Crippen LogP contribution in [0.15, 0.2) is 73.1 Å². The van der Waals surface area contributed by atoms with Crippen LogP contribution in [0.5, 0.6) is 0 Å². The summed E-state index contributed by atoms with van der Waals surface area (Å²) in [6.45, 7) is 0. The fraction of sp³-hybridized carbons (Fsp3) is 0.0556. The van der Waals surface area contributed by atoms with Gasteiger partial charge in [0.2, 0.25) is 0 Å². The molecular weight excluding hydrogens is 301 g/mol. The second kappa shape index (κ2) is 5.87. The minimum Gasteiger partial charge on any atom is -0.376 e. The van der Waals surface area contributed by atoms with E-state index < -0.39 is 11.4 Å². The molecule has 0 fully saturated rings. The molecule has 3 aromatic rings. The highest BCUT2D eigenvalue weighted by Crippen LogP contribution is 2.37. The molecule has 1 atom stereocenters. The van der Waals surface area contributed by atoms with Gasteiger partial charge in [0.25, 0.3) is 0 Å². The van der Waals surface area contributed by atoms with Gasteiger partial charge in [0.1, 0.15) is 11.4 Å². The zero-order valence-electron chi connectivity index (χ0n) is 11.6. The van der Waals surface area contributed by atoms with Crippen LogP contribution in [-0.4, -0.2) is 10.1 Å². The molecule has 1 aromatic heterocycles. The van der Waals surface area contributed by atoms with Crippen LogP contribution in [0.2, 0.25) is 5.02 Å². The van der Waals surface area contributed by atoms with Gasteiger partial charge in [-0.3, -0.25) is 4.98 Å². The van der Waals surface area contributed by atoms with Crippen molar-refractivity contribution in [2.24, 2.45) is 0 Å². The Morgan fingerprint density at radius 1 is 0.909 bits per heavy atom. The highest BCUT2D eigenvalue weighted by atomic mass is 35.5. The van der Waals surface area contributed by atoms with Crippen LogP contribution >= 0.6 is 11.6 Å². The number of hydrogen-bond donors (Lipinski definition) is 1. The average Bonchev–Trinajstić information content (AvgIpc) is 2.56. The lowest BCUT2D eigenvalue weighted by Gasteiger charge is -2.30. The van der Waals surface area contributed by atoms with Gasteiger partial charge < -0.3 is 5.11 Å². The van der Waals surface area contributed by atoms with E-state index in [0.29, 0.717) is 16.1 Å². The number of aromatic nitrogens is 1. The average molecular weight is 314 g/mol. The topological polar surface area (TPSA) is 33.1 Å². The maximum absolute atomic E-state index is 14.3. The molecule has 0 aliphatic rings. The van der Waals surface area contributed by atoms with Crippen molar-refractivity contribution in [3.63, 3.8) is 0 Å². The fourth-order valence-electron chi connectivity index (χ4n) is 2.50. The van der Waals surface area contributed by atoms with Crippen molar-refractivity contribution >= 4 is 11.6 Å². The Labute approximate surface area is 132 Å². The molecule has 1 unspecified atom stereocenters. The van der Waals surface area contributed by atoms with Crippen molar-refractivity contribution in [3.05, 3.63) is 101 Å². The third-order valence-electron chi connectivity index (χ3n) is 3.60. The summed E-state index contributed by atoms with van der Waals surface area (Å²) in [6.07, 6.45) is 3.13. The minimum absolute atomic E-state index is 0.172. The molecule has 2 nitrogen and oxygen atoms in total. The van der Waals surface area contributed by atoms with Gasteiger partial charge in [0.15, 0.2) is 0 Å². The van der Waals surface area contributed by atoms with Gasteiger partial charge in [0, 0.05) is 28.5 Å². The second-order valence-electron chi connectivity index (χ2n) is 4.94. The molecule has 0 amide bonds. The van der Waals surface area contributed by atoms with Crippen molar-refractivity contribution in [1.82, 2.24) is 4.98 Å². The third kappa shape index (κ3) is 2.49. The minimum atomic E-state index is -1.63. The summed E-state index contributed by atoms with van der Waals surface area (Å²) in [6, 6.07) is 16.3. The van der Waals surface area contributed by atoms with Gasteiger partial charge in [-0.2, -0.15) is 0 Å². The summed E-state index contributed by atoms with van der Waals surface area (Å²) < 4.78 is 14.3. The molecule has 0 saturated carbocycles. The van der Waals surface area contributed by atoms with Gasteiger partial charge in [-0.25, -0.2) is 4.39 Å². The zero-order chi connectivity index (χ0) is 15.6. The predicted molar refractivity (Wildman–Crippen MR) is 84.2 cm³/mol. The summed E-state index contributed by atoms with van der Waals surface area (Å²) in [5, 5.41) is 11.9. The van der Waals surface area contributed by atoms with E-state index in [0.717, 1.165) is 0 Å². The lowest BCUT2D eigenvalue weighted by molar-refractivity contribution is 0.121. The molecule has 22 heavy (non-hydrogen) atoms. The van der Waals surface area contributed by atoms with E-state index in [-0.39, 0.29) is 5.56 Å². The first-order valence-electron chi connectivity index (χ1n) is 6.76. The summed E-state index contributed by atoms with van der Waals surface area (Å²) in [5.41, 5.74) is -0.452. The van der Waals surface area contributed by atoms with Crippen molar-refractivity contribution in [3.8, 4) is 0 Å². The molecule has 0 aliphatic heterocycles. The van der Waals surface area contributed by atoms with Crippen LogP contribution in [-0.2, 0) is 5.60 Å². The zero-order valence-corrected chi connectivity index (χ0v) is 12.3. The van der Waals surface area contributed by atoms with Crippen molar-refractivity contribution in [1.29, 1.82) is 0 Å². The van der Waals surface area contributed by atoms with Gasteiger partial charge in [-0.1, -0.05) is 48.0 Å². The second-order valence-corrected chi connectivity index (χ2v) is 5.38. The molecule has 0 bridgehead atoms. The summed E-state index contributed by atoms with van der Waals surface area (Å²) in [4.78, 5) is 4.04. The monoisotopic (exact) mass is 313 g/mol. The molecular formula is C18H13ClFNO. The number of pyridine rings is 1. The molecule has 3 rings (SSSR count). The quantitative estimate of drug-likeness (QED) is 0.787. The highest BCUT2D eigenvalue weighted by Gasteiger charge is 2.36. The number of aliphatic hydroxyl groups is 1. The first-order chi connectivity index (χ1) is 10.6. The van der Waals surface area contributed by atoms with Crippen LogP contribution in [0.1, 0.15) is 16.7 Å². The molecule has 110 valence electrons. The largest absolute Gasteiger partial charge is 0.376 e. The highest BCUT2D eigenvalue weighted by molar-refractivity contribution is 6.30. The Balaban J connectivity index is 2.27. The van der Waals surface area contributed by atoms with Gasteiger partial charge >= 0.3 is 0 Å². The van der Waals surface area contributed by atoms with Crippen LogP contribution in [0.3, 0.4) is 0 Å².